The Balaban J connectivity index is 1.87. The third-order valence-corrected chi connectivity index (χ3v) is 10.4. The fourth-order valence-electron chi connectivity index (χ4n) is 5.31. The Kier molecular flexibility index (Phi) is 3.26. The smallest absolute Gasteiger partial charge is 0.113 e. The van der Waals surface area contributed by atoms with E-state index >= 15 is 0 Å². The molecule has 1 nitrogen and oxygen atoms in total. The third-order valence-electron chi connectivity index (χ3n) is 6.89. The summed E-state index contributed by atoms with van der Waals surface area (Å²) >= 11 is 0. The maximum atomic E-state index is 4.76. The summed E-state index contributed by atoms with van der Waals surface area (Å²) in [6.07, 6.45) is 1.93. The molecular weight excluding hydrogens is 342 g/mol. The van der Waals surface area contributed by atoms with Crippen molar-refractivity contribution in [3.8, 4) is 22.4 Å². The molecule has 2 heteroatoms. The van der Waals surface area contributed by atoms with Crippen LogP contribution in [0.2, 0.25) is 13.1 Å². The van der Waals surface area contributed by atoms with E-state index in [-0.39, 0.29) is 5.41 Å². The van der Waals surface area contributed by atoms with E-state index in [9.17, 15) is 0 Å². The number of hydrogen-bond donors (Lipinski definition) is 0. The van der Waals surface area contributed by atoms with Gasteiger partial charge in [-0.2, -0.15) is 0 Å². The quantitative estimate of drug-likeness (QED) is 0.529. The van der Waals surface area contributed by atoms with E-state index in [2.05, 4.69) is 83.3 Å². The highest BCUT2D eigenvalue weighted by atomic mass is 28.3. The van der Waals surface area contributed by atoms with Crippen molar-refractivity contribution in [2.45, 2.75) is 52.1 Å². The molecule has 2 aliphatic rings. The zero-order chi connectivity index (χ0) is 19.1. The summed E-state index contributed by atoms with van der Waals surface area (Å²) in [5, 5.41) is 3.20. The third kappa shape index (κ3) is 2.02. The lowest BCUT2D eigenvalue weighted by Crippen LogP contribution is -2.49. The maximum absolute atomic E-state index is 4.76. The maximum Gasteiger partial charge on any atom is 0.113 e. The Labute approximate surface area is 163 Å². The first-order valence-electron chi connectivity index (χ1n) is 10.0. The summed E-state index contributed by atoms with van der Waals surface area (Å²) in [5.41, 5.74) is 9.80. The van der Waals surface area contributed by atoms with Gasteiger partial charge in [0, 0.05) is 17.2 Å². The van der Waals surface area contributed by atoms with Crippen molar-refractivity contribution in [1.29, 1.82) is 0 Å². The predicted octanol–water partition coefficient (Wildman–Crippen LogP) is 5.31. The van der Waals surface area contributed by atoms with Crippen molar-refractivity contribution in [2.24, 2.45) is 0 Å². The molecule has 0 bridgehead atoms. The van der Waals surface area contributed by atoms with Gasteiger partial charge in [-0.1, -0.05) is 77.2 Å². The van der Waals surface area contributed by atoms with E-state index in [1.54, 1.807) is 10.4 Å². The molecule has 0 radical (unpaired) electrons. The van der Waals surface area contributed by atoms with Gasteiger partial charge in [0.2, 0.25) is 0 Å². The number of benzene rings is 2. The van der Waals surface area contributed by atoms with E-state index in [1.807, 2.05) is 6.20 Å². The number of nitrogens with zero attached hydrogens (tertiary/aromatic N) is 1. The molecule has 1 aliphatic carbocycles. The first-order valence-corrected chi connectivity index (χ1v) is 13.0. The van der Waals surface area contributed by atoms with Gasteiger partial charge in [0.25, 0.3) is 0 Å². The fraction of sp³-hybridized carbons (Fsp3) is 0.320. The highest BCUT2D eigenvalue weighted by Gasteiger charge is 2.45. The average molecular weight is 370 g/mol. The molecule has 0 fully saturated rings. The van der Waals surface area contributed by atoms with E-state index in [0.29, 0.717) is 5.92 Å². The van der Waals surface area contributed by atoms with Crippen LogP contribution in [0.15, 0.2) is 48.7 Å². The number of aromatic nitrogens is 1. The van der Waals surface area contributed by atoms with Gasteiger partial charge in [-0.25, -0.2) is 0 Å². The molecule has 0 spiro atoms. The van der Waals surface area contributed by atoms with Crippen LogP contribution in [0, 0.1) is 0 Å². The topological polar surface area (TPSA) is 12.9 Å². The van der Waals surface area contributed by atoms with Gasteiger partial charge in [-0.15, -0.1) is 0 Å². The second-order valence-electron chi connectivity index (χ2n) is 9.52. The molecule has 3 aromatic rings. The zero-order valence-corrected chi connectivity index (χ0v) is 18.1. The molecule has 2 aromatic carbocycles. The molecule has 1 aliphatic heterocycles. The monoisotopic (exact) mass is 369 g/mol. The zero-order valence-electron chi connectivity index (χ0n) is 17.1. The lowest BCUT2D eigenvalue weighted by molar-refractivity contribution is 0.661. The Morgan fingerprint density at radius 1 is 0.926 bits per heavy atom. The summed E-state index contributed by atoms with van der Waals surface area (Å²) < 4.78 is 0. The molecule has 0 saturated heterocycles. The predicted molar refractivity (Wildman–Crippen MR) is 118 cm³/mol. The van der Waals surface area contributed by atoms with Crippen LogP contribution in [0.1, 0.15) is 50.3 Å². The minimum atomic E-state index is -1.69. The fourth-order valence-corrected chi connectivity index (χ4v) is 8.39. The molecule has 136 valence electrons. The minimum absolute atomic E-state index is 0.00687. The molecule has 0 unspecified atom stereocenters. The van der Waals surface area contributed by atoms with E-state index < -0.39 is 8.07 Å². The van der Waals surface area contributed by atoms with Crippen LogP contribution in [0.3, 0.4) is 0 Å². The van der Waals surface area contributed by atoms with Crippen molar-refractivity contribution < 1.29 is 0 Å². The molecule has 0 saturated carbocycles. The lowest BCUT2D eigenvalue weighted by Gasteiger charge is -2.25. The standard InChI is InChI=1S/C25H27NSi/c1-15(2)16-9-10-17-21(14-16)27(5,6)20-12-11-18-23(22(17)20)25(3,4)19-8-7-13-26-24(18)19/h7-15H,1-6H3. The second kappa shape index (κ2) is 5.20. The van der Waals surface area contributed by atoms with Crippen LogP contribution in [0.5, 0.6) is 0 Å². The molecule has 5 rings (SSSR count). The van der Waals surface area contributed by atoms with Gasteiger partial charge in [-0.05, 0) is 50.2 Å². The summed E-state index contributed by atoms with van der Waals surface area (Å²) in [6.45, 7) is 14.4. The largest absolute Gasteiger partial charge is 0.256 e. The van der Waals surface area contributed by atoms with Gasteiger partial charge in [0.15, 0.2) is 0 Å². The number of hydrogen-bond acceptors (Lipinski definition) is 1. The molecule has 27 heavy (non-hydrogen) atoms. The van der Waals surface area contributed by atoms with Crippen LogP contribution < -0.4 is 10.4 Å². The minimum Gasteiger partial charge on any atom is -0.256 e. The van der Waals surface area contributed by atoms with Crippen LogP contribution >= 0.6 is 0 Å². The summed E-state index contributed by atoms with van der Waals surface area (Å²) in [4.78, 5) is 4.76. The van der Waals surface area contributed by atoms with Crippen LogP contribution in [0.25, 0.3) is 22.4 Å². The Hall–Kier alpha value is -2.19. The average Bonchev–Trinajstić information content (AvgIpc) is 3.02. The molecule has 0 N–H and O–H groups in total. The molecular formula is C25H27NSi. The summed E-state index contributed by atoms with van der Waals surface area (Å²) in [7, 11) is -1.69. The van der Waals surface area contributed by atoms with E-state index in [0.717, 1.165) is 0 Å². The van der Waals surface area contributed by atoms with Gasteiger partial charge >= 0.3 is 0 Å². The number of pyridine rings is 1. The summed E-state index contributed by atoms with van der Waals surface area (Å²) in [5.74, 6) is 0.569. The van der Waals surface area contributed by atoms with Crippen molar-refractivity contribution in [1.82, 2.24) is 4.98 Å². The van der Waals surface area contributed by atoms with E-state index in [4.69, 9.17) is 4.98 Å². The Bertz CT molecular complexity index is 1110. The number of rotatable bonds is 1. The number of fused-ring (bicyclic) bond motifs is 7. The molecule has 2 heterocycles. The van der Waals surface area contributed by atoms with Crippen molar-refractivity contribution in [3.05, 3.63) is 65.4 Å². The van der Waals surface area contributed by atoms with Crippen molar-refractivity contribution in [3.63, 3.8) is 0 Å². The Morgan fingerprint density at radius 2 is 1.67 bits per heavy atom. The van der Waals surface area contributed by atoms with Crippen LogP contribution in [0.4, 0.5) is 0 Å². The van der Waals surface area contributed by atoms with Gasteiger partial charge in [0.1, 0.15) is 8.07 Å². The highest BCUT2D eigenvalue weighted by Crippen LogP contribution is 2.52. The summed E-state index contributed by atoms with van der Waals surface area (Å²) in [6, 6.07) is 16.3. The van der Waals surface area contributed by atoms with Crippen LogP contribution in [-0.2, 0) is 5.41 Å². The van der Waals surface area contributed by atoms with Gasteiger partial charge < -0.3 is 0 Å². The molecule has 1 aromatic heterocycles. The second-order valence-corrected chi connectivity index (χ2v) is 13.8. The molecule has 0 amide bonds. The normalized spacial score (nSPS) is 17.4. The van der Waals surface area contributed by atoms with Crippen molar-refractivity contribution in [2.75, 3.05) is 0 Å². The SMILES string of the molecule is CC(C)c1ccc2c(c1)[Si](C)(C)c1ccc3c(c1-2)C(C)(C)c1cccnc1-3. The first-order chi connectivity index (χ1) is 12.7. The first kappa shape index (κ1) is 16.9. The van der Waals surface area contributed by atoms with Gasteiger partial charge in [0.05, 0.1) is 5.69 Å². The molecule has 0 atom stereocenters. The Morgan fingerprint density at radius 3 is 2.41 bits per heavy atom. The highest BCUT2D eigenvalue weighted by molar-refractivity contribution is 7.03. The van der Waals surface area contributed by atoms with Crippen molar-refractivity contribution >= 4 is 18.4 Å². The van der Waals surface area contributed by atoms with E-state index in [1.165, 1.54) is 39.1 Å². The van der Waals surface area contributed by atoms with Gasteiger partial charge in [-0.3, -0.25) is 4.98 Å². The van der Waals surface area contributed by atoms with Crippen LogP contribution in [-0.4, -0.2) is 13.1 Å². The lowest BCUT2D eigenvalue weighted by atomic mass is 9.79.